The van der Waals surface area contributed by atoms with Crippen molar-refractivity contribution in [3.05, 3.63) is 12.4 Å². The van der Waals surface area contributed by atoms with Crippen molar-refractivity contribution in [2.75, 3.05) is 26.2 Å². The Morgan fingerprint density at radius 1 is 1.21 bits per heavy atom. The number of likely N-dealkylation sites (tertiary alicyclic amines) is 1. The molecule has 6 nitrogen and oxygen atoms in total. The van der Waals surface area contributed by atoms with E-state index in [-0.39, 0.29) is 4.90 Å². The van der Waals surface area contributed by atoms with E-state index in [1.165, 1.54) is 25.2 Å². The van der Waals surface area contributed by atoms with E-state index in [0.29, 0.717) is 19.1 Å². The Balaban J connectivity index is 1.74. The maximum absolute atomic E-state index is 12.5. The van der Waals surface area contributed by atoms with E-state index in [1.54, 1.807) is 4.31 Å². The summed E-state index contributed by atoms with van der Waals surface area (Å²) in [5.41, 5.74) is 0. The largest absolute Gasteiger partial charge is 0.299 e. The first-order chi connectivity index (χ1) is 9.18. The van der Waals surface area contributed by atoms with Crippen molar-refractivity contribution in [3.8, 4) is 0 Å². The number of hydrogen-bond acceptors (Lipinski definition) is 4. The van der Waals surface area contributed by atoms with Crippen LogP contribution in [-0.4, -0.2) is 60.0 Å². The van der Waals surface area contributed by atoms with E-state index >= 15 is 0 Å². The lowest BCUT2D eigenvalue weighted by molar-refractivity contribution is 0.162. The van der Waals surface area contributed by atoms with Crippen molar-refractivity contribution in [1.82, 2.24) is 19.4 Å². The van der Waals surface area contributed by atoms with Gasteiger partial charge in [-0.3, -0.25) is 10.00 Å². The molecule has 1 atom stereocenters. The summed E-state index contributed by atoms with van der Waals surface area (Å²) >= 11 is 0. The minimum atomic E-state index is -3.37. The lowest BCUT2D eigenvalue weighted by Crippen LogP contribution is -2.48. The summed E-state index contributed by atoms with van der Waals surface area (Å²) in [7, 11) is -3.37. The molecule has 19 heavy (non-hydrogen) atoms. The number of hydrogen-bond donors (Lipinski definition) is 1. The van der Waals surface area contributed by atoms with Gasteiger partial charge in [-0.15, -0.1) is 0 Å². The third kappa shape index (κ3) is 2.54. The summed E-state index contributed by atoms with van der Waals surface area (Å²) in [5, 5.41) is 6.31. The number of aromatic amines is 1. The highest BCUT2D eigenvalue weighted by Crippen LogP contribution is 2.24. The summed E-state index contributed by atoms with van der Waals surface area (Å²) in [5.74, 6) is 0. The molecule has 2 aliphatic rings. The van der Waals surface area contributed by atoms with Crippen LogP contribution in [0.25, 0.3) is 0 Å². The van der Waals surface area contributed by atoms with Gasteiger partial charge in [-0.1, -0.05) is 0 Å². The van der Waals surface area contributed by atoms with Gasteiger partial charge in [-0.2, -0.15) is 9.40 Å². The second-order valence-electron chi connectivity index (χ2n) is 5.34. The maximum atomic E-state index is 12.5. The van der Waals surface area contributed by atoms with E-state index in [0.717, 1.165) is 25.9 Å². The van der Waals surface area contributed by atoms with Gasteiger partial charge in [0.05, 0.1) is 6.20 Å². The molecule has 7 heteroatoms. The summed E-state index contributed by atoms with van der Waals surface area (Å²) in [4.78, 5) is 2.71. The highest BCUT2D eigenvalue weighted by Gasteiger charge is 2.33. The van der Waals surface area contributed by atoms with Gasteiger partial charge in [0.25, 0.3) is 0 Å². The number of sulfonamides is 1. The fourth-order valence-corrected chi connectivity index (χ4v) is 4.50. The highest BCUT2D eigenvalue weighted by atomic mass is 32.2. The molecule has 0 aromatic carbocycles. The quantitative estimate of drug-likeness (QED) is 0.885. The summed E-state index contributed by atoms with van der Waals surface area (Å²) in [6.45, 7) is 3.47. The van der Waals surface area contributed by atoms with Gasteiger partial charge in [0.2, 0.25) is 10.0 Å². The molecule has 0 radical (unpaired) electrons. The maximum Gasteiger partial charge on any atom is 0.246 e. The second kappa shape index (κ2) is 5.22. The molecular formula is C12H20N4O2S. The van der Waals surface area contributed by atoms with Crippen molar-refractivity contribution >= 4 is 10.0 Å². The average Bonchev–Trinajstić information content (AvgIpc) is 3.12. The number of rotatable bonds is 3. The van der Waals surface area contributed by atoms with Gasteiger partial charge in [0, 0.05) is 25.3 Å². The molecule has 1 aromatic heterocycles. The molecule has 0 saturated carbocycles. The molecule has 1 unspecified atom stereocenters. The predicted octanol–water partition coefficient (Wildman–Crippen LogP) is 0.659. The molecule has 2 fully saturated rings. The van der Waals surface area contributed by atoms with Crippen LogP contribution in [-0.2, 0) is 10.0 Å². The molecule has 0 amide bonds. The first-order valence-corrected chi connectivity index (χ1v) is 8.35. The molecule has 2 saturated heterocycles. The lowest BCUT2D eigenvalue weighted by Gasteiger charge is -2.36. The topological polar surface area (TPSA) is 69.3 Å². The van der Waals surface area contributed by atoms with E-state index in [9.17, 15) is 8.42 Å². The Hall–Kier alpha value is -0.920. The van der Waals surface area contributed by atoms with Crippen LogP contribution in [0.5, 0.6) is 0 Å². The van der Waals surface area contributed by atoms with Crippen molar-refractivity contribution in [3.63, 3.8) is 0 Å². The van der Waals surface area contributed by atoms with Crippen molar-refractivity contribution in [1.29, 1.82) is 0 Å². The predicted molar refractivity (Wildman–Crippen MR) is 71.2 cm³/mol. The van der Waals surface area contributed by atoms with Crippen LogP contribution in [0.1, 0.15) is 25.7 Å². The molecule has 0 spiro atoms. The van der Waals surface area contributed by atoms with Gasteiger partial charge in [-0.05, 0) is 38.8 Å². The van der Waals surface area contributed by atoms with E-state index in [2.05, 4.69) is 15.1 Å². The van der Waals surface area contributed by atoms with Crippen LogP contribution < -0.4 is 0 Å². The van der Waals surface area contributed by atoms with E-state index < -0.39 is 10.0 Å². The third-order valence-electron chi connectivity index (χ3n) is 4.13. The number of H-pyrrole nitrogens is 1. The van der Waals surface area contributed by atoms with E-state index in [1.807, 2.05) is 0 Å². The molecule has 106 valence electrons. The van der Waals surface area contributed by atoms with Crippen LogP contribution in [0, 0.1) is 0 Å². The second-order valence-corrected chi connectivity index (χ2v) is 7.27. The number of nitrogens with zero attached hydrogens (tertiary/aromatic N) is 3. The average molecular weight is 284 g/mol. The fraction of sp³-hybridized carbons (Fsp3) is 0.750. The van der Waals surface area contributed by atoms with Gasteiger partial charge >= 0.3 is 0 Å². The molecule has 3 heterocycles. The smallest absolute Gasteiger partial charge is 0.246 e. The molecule has 3 rings (SSSR count). The first-order valence-electron chi connectivity index (χ1n) is 6.91. The van der Waals surface area contributed by atoms with Crippen LogP contribution in [0.15, 0.2) is 17.3 Å². The first kappa shape index (κ1) is 13.1. The summed E-state index contributed by atoms with van der Waals surface area (Å²) in [6.07, 6.45) is 7.37. The van der Waals surface area contributed by atoms with Crippen LogP contribution in [0.4, 0.5) is 0 Å². The SMILES string of the molecule is O=S(=O)(c1cn[nH]c1)N1CCCC(N2CCCC2)C1. The van der Waals surface area contributed by atoms with E-state index in [4.69, 9.17) is 0 Å². The van der Waals surface area contributed by atoms with Gasteiger partial charge in [0.1, 0.15) is 4.90 Å². The molecule has 2 aliphatic heterocycles. The van der Waals surface area contributed by atoms with Crippen molar-refractivity contribution in [2.24, 2.45) is 0 Å². The summed E-state index contributed by atoms with van der Waals surface area (Å²) < 4.78 is 26.5. The van der Waals surface area contributed by atoms with Gasteiger partial charge < -0.3 is 0 Å². The zero-order valence-corrected chi connectivity index (χ0v) is 11.8. The molecule has 0 aliphatic carbocycles. The molecule has 1 aromatic rings. The Morgan fingerprint density at radius 3 is 2.68 bits per heavy atom. The van der Waals surface area contributed by atoms with Gasteiger partial charge in [0.15, 0.2) is 0 Å². The highest BCUT2D eigenvalue weighted by molar-refractivity contribution is 7.89. The van der Waals surface area contributed by atoms with Gasteiger partial charge in [-0.25, -0.2) is 8.42 Å². The Bertz CT molecular complexity index is 508. The standard InChI is InChI=1S/C12H20N4O2S/c17-19(18,12-8-13-14-9-12)16-7-3-4-11(10-16)15-5-1-2-6-15/h8-9,11H,1-7,10H2,(H,13,14). The Labute approximate surface area is 113 Å². The fourth-order valence-electron chi connectivity index (χ4n) is 3.07. The minimum absolute atomic E-state index is 0.273. The lowest BCUT2D eigenvalue weighted by atomic mass is 10.1. The number of aromatic nitrogens is 2. The van der Waals surface area contributed by atoms with Crippen LogP contribution in [0.2, 0.25) is 0 Å². The van der Waals surface area contributed by atoms with Crippen molar-refractivity contribution in [2.45, 2.75) is 36.6 Å². The van der Waals surface area contributed by atoms with Crippen LogP contribution in [0.3, 0.4) is 0 Å². The monoisotopic (exact) mass is 284 g/mol. The Morgan fingerprint density at radius 2 is 2.00 bits per heavy atom. The Kier molecular flexibility index (Phi) is 3.60. The zero-order chi connectivity index (χ0) is 13.3. The molecule has 1 N–H and O–H groups in total. The molecular weight excluding hydrogens is 264 g/mol. The number of nitrogens with one attached hydrogen (secondary N) is 1. The number of piperidine rings is 1. The van der Waals surface area contributed by atoms with Crippen molar-refractivity contribution < 1.29 is 8.42 Å². The zero-order valence-electron chi connectivity index (χ0n) is 11.0. The minimum Gasteiger partial charge on any atom is -0.299 e. The van der Waals surface area contributed by atoms with Crippen LogP contribution >= 0.6 is 0 Å². The normalized spacial score (nSPS) is 26.8. The molecule has 0 bridgehead atoms. The summed E-state index contributed by atoms with van der Waals surface area (Å²) in [6, 6.07) is 0.387. The third-order valence-corrected chi connectivity index (χ3v) is 5.96.